The maximum atomic E-state index is 14.0. The van der Waals surface area contributed by atoms with Gasteiger partial charge in [0.05, 0.1) is 18.3 Å². The molecule has 2 atom stereocenters. The van der Waals surface area contributed by atoms with E-state index >= 15 is 0 Å². The van der Waals surface area contributed by atoms with Crippen molar-refractivity contribution in [2.45, 2.75) is 81.6 Å². The van der Waals surface area contributed by atoms with E-state index in [1.165, 1.54) is 18.1 Å². The number of halogens is 1. The van der Waals surface area contributed by atoms with E-state index in [1.807, 2.05) is 17.8 Å². The molecule has 3 N–H and O–H groups in total. The topological polar surface area (TPSA) is 102 Å². The van der Waals surface area contributed by atoms with Crippen LogP contribution in [0.3, 0.4) is 0 Å². The Balaban J connectivity index is 0.981. The van der Waals surface area contributed by atoms with Crippen LogP contribution < -0.4 is 16.0 Å². The molecular weight excluding hydrogens is 541 g/mol. The maximum absolute atomic E-state index is 14.0. The molecule has 5 heterocycles. The molecule has 0 spiro atoms. The molecule has 11 heteroatoms. The fraction of sp³-hybridized carbons (Fsp3) is 0.600. The number of thioether (sulfide) groups is 1. The Labute approximate surface area is 245 Å². The van der Waals surface area contributed by atoms with Gasteiger partial charge >= 0.3 is 0 Å². The predicted octanol–water partition coefficient (Wildman–Crippen LogP) is 3.32. The lowest BCUT2D eigenvalue weighted by Crippen LogP contribution is -2.47. The van der Waals surface area contributed by atoms with Crippen LogP contribution >= 0.6 is 11.8 Å². The molecule has 1 aliphatic carbocycles. The predicted molar refractivity (Wildman–Crippen MR) is 161 cm³/mol. The number of likely N-dealkylation sites (tertiary alicyclic amines) is 1. The van der Waals surface area contributed by atoms with Gasteiger partial charge in [-0.2, -0.15) is 11.8 Å². The SMILES string of the molecule is CN1CCCC1C1=CN2CC(C(=O)N[C@H]3CC[C@@H](NC(=O)c4cc(F)cnc4NC4CCSCC4)CC3)N=C2C=C1. The zero-order valence-electron chi connectivity index (χ0n) is 23.7. The van der Waals surface area contributed by atoms with Crippen LogP contribution in [0.25, 0.3) is 0 Å². The van der Waals surface area contributed by atoms with E-state index in [1.54, 1.807) is 0 Å². The number of likely N-dealkylation sites (N-methyl/N-ethyl adjacent to an activating group) is 1. The monoisotopic (exact) mass is 581 g/mol. The smallest absolute Gasteiger partial charge is 0.255 e. The van der Waals surface area contributed by atoms with Gasteiger partial charge in [-0.3, -0.25) is 19.5 Å². The van der Waals surface area contributed by atoms with E-state index < -0.39 is 11.9 Å². The van der Waals surface area contributed by atoms with E-state index in [-0.39, 0.29) is 35.5 Å². The lowest BCUT2D eigenvalue weighted by molar-refractivity contribution is -0.123. The summed E-state index contributed by atoms with van der Waals surface area (Å²) in [6, 6.07) is 1.56. The van der Waals surface area contributed by atoms with Crippen LogP contribution in [0.4, 0.5) is 10.2 Å². The molecule has 0 aromatic carbocycles. The fourth-order valence-electron chi connectivity index (χ4n) is 6.58. The number of anilines is 1. The molecule has 1 saturated carbocycles. The van der Waals surface area contributed by atoms with Crippen molar-refractivity contribution in [1.29, 1.82) is 0 Å². The highest BCUT2D eigenvalue weighted by Gasteiger charge is 2.34. The molecule has 220 valence electrons. The number of hydrogen-bond donors (Lipinski definition) is 3. The number of aliphatic imine (C=N–C) groups is 1. The summed E-state index contributed by atoms with van der Waals surface area (Å²) >= 11 is 1.92. The summed E-state index contributed by atoms with van der Waals surface area (Å²) in [6.45, 7) is 1.68. The Bertz CT molecular complexity index is 1240. The first-order valence-corrected chi connectivity index (χ1v) is 16.1. The van der Waals surface area contributed by atoms with Gasteiger partial charge in [-0.25, -0.2) is 9.37 Å². The van der Waals surface area contributed by atoms with Crippen molar-refractivity contribution in [1.82, 2.24) is 25.4 Å². The number of nitrogens with one attached hydrogen (secondary N) is 3. The molecule has 0 radical (unpaired) electrons. The zero-order chi connectivity index (χ0) is 28.3. The van der Waals surface area contributed by atoms with Crippen molar-refractivity contribution < 1.29 is 14.0 Å². The molecule has 2 amide bonds. The highest BCUT2D eigenvalue weighted by molar-refractivity contribution is 7.99. The largest absolute Gasteiger partial charge is 0.367 e. The zero-order valence-corrected chi connectivity index (χ0v) is 24.5. The third-order valence-corrected chi connectivity index (χ3v) is 10.0. The third kappa shape index (κ3) is 6.61. The average Bonchev–Trinajstić information content (AvgIpc) is 3.61. The number of rotatable bonds is 7. The van der Waals surface area contributed by atoms with Crippen LogP contribution in [0.1, 0.15) is 61.7 Å². The molecular formula is C30H40FN7O2S. The summed E-state index contributed by atoms with van der Waals surface area (Å²) in [5.74, 6) is 2.57. The first-order valence-electron chi connectivity index (χ1n) is 15.0. The Morgan fingerprint density at radius 2 is 1.76 bits per heavy atom. The Morgan fingerprint density at radius 3 is 2.49 bits per heavy atom. The molecule has 1 aromatic rings. The minimum absolute atomic E-state index is 0.0269. The first-order chi connectivity index (χ1) is 19.9. The second-order valence-electron chi connectivity index (χ2n) is 11.9. The molecule has 2 saturated heterocycles. The first kappa shape index (κ1) is 28.2. The second kappa shape index (κ2) is 12.5. The number of pyridine rings is 1. The molecule has 4 aliphatic heterocycles. The Hall–Kier alpha value is -2.92. The second-order valence-corrected chi connectivity index (χ2v) is 13.1. The van der Waals surface area contributed by atoms with Gasteiger partial charge in [0.1, 0.15) is 23.5 Å². The highest BCUT2D eigenvalue weighted by atomic mass is 32.2. The van der Waals surface area contributed by atoms with Crippen molar-refractivity contribution in [2.24, 2.45) is 4.99 Å². The summed E-state index contributed by atoms with van der Waals surface area (Å²) in [5.41, 5.74) is 1.54. The summed E-state index contributed by atoms with van der Waals surface area (Å²) in [4.78, 5) is 39.6. The van der Waals surface area contributed by atoms with Gasteiger partial charge in [-0.1, -0.05) is 6.08 Å². The average molecular weight is 582 g/mol. The molecule has 2 unspecified atom stereocenters. The van der Waals surface area contributed by atoms with Crippen LogP contribution in [0.15, 0.2) is 41.2 Å². The molecule has 5 aliphatic rings. The number of fused-ring (bicyclic) bond motifs is 1. The van der Waals surface area contributed by atoms with Crippen molar-refractivity contribution in [3.8, 4) is 0 Å². The molecule has 1 aromatic heterocycles. The minimum atomic E-state index is -0.522. The van der Waals surface area contributed by atoms with Crippen molar-refractivity contribution in [3.05, 3.63) is 47.6 Å². The van der Waals surface area contributed by atoms with E-state index in [0.717, 1.165) is 75.0 Å². The van der Waals surface area contributed by atoms with Crippen LogP contribution in [-0.4, -0.2) is 94.3 Å². The number of carbonyl (C=O) groups is 2. The number of carbonyl (C=O) groups excluding carboxylic acids is 2. The van der Waals surface area contributed by atoms with Crippen molar-refractivity contribution in [2.75, 3.05) is 37.0 Å². The standard InChI is InChI=1S/C30H40FN7O2S/c1-37-12-2-3-26(37)19-4-9-27-36-25(18-38(27)17-19)30(40)35-22-7-5-21(6-8-22)34-29(39)24-15-20(31)16-32-28(24)33-23-10-13-41-14-11-23/h4,9,15-17,21-23,25-26H,2-3,5-8,10-14,18H2,1H3,(H,32,33)(H,34,39)(H,35,40)/t21-,22+,25?,26?. The summed E-state index contributed by atoms with van der Waals surface area (Å²) in [5, 5.41) is 9.65. The van der Waals surface area contributed by atoms with Gasteiger partial charge in [0.15, 0.2) is 0 Å². The maximum Gasteiger partial charge on any atom is 0.255 e. The van der Waals surface area contributed by atoms with Gasteiger partial charge < -0.3 is 20.9 Å². The van der Waals surface area contributed by atoms with E-state index in [4.69, 9.17) is 0 Å². The summed E-state index contributed by atoms with van der Waals surface area (Å²) in [6.07, 6.45) is 14.9. The van der Waals surface area contributed by atoms with Crippen LogP contribution in [0, 0.1) is 5.82 Å². The van der Waals surface area contributed by atoms with Gasteiger partial charge in [-0.05, 0) is 94.2 Å². The van der Waals surface area contributed by atoms with Gasteiger partial charge in [-0.15, -0.1) is 0 Å². The Kier molecular flexibility index (Phi) is 8.62. The summed E-state index contributed by atoms with van der Waals surface area (Å²) in [7, 11) is 2.17. The quantitative estimate of drug-likeness (QED) is 0.454. The van der Waals surface area contributed by atoms with Crippen LogP contribution in [0.2, 0.25) is 0 Å². The van der Waals surface area contributed by atoms with E-state index in [9.17, 15) is 14.0 Å². The number of nitrogens with zero attached hydrogens (tertiary/aromatic N) is 4. The number of amides is 2. The normalized spacial score (nSPS) is 28.6. The molecule has 41 heavy (non-hydrogen) atoms. The lowest BCUT2D eigenvalue weighted by atomic mass is 9.90. The van der Waals surface area contributed by atoms with E-state index in [0.29, 0.717) is 18.4 Å². The lowest BCUT2D eigenvalue weighted by Gasteiger charge is -2.30. The minimum Gasteiger partial charge on any atom is -0.367 e. The van der Waals surface area contributed by atoms with Gasteiger partial charge in [0, 0.05) is 30.4 Å². The summed E-state index contributed by atoms with van der Waals surface area (Å²) < 4.78 is 14.0. The highest BCUT2D eigenvalue weighted by Crippen LogP contribution is 2.28. The van der Waals surface area contributed by atoms with Crippen molar-refractivity contribution >= 4 is 35.2 Å². The molecule has 0 bridgehead atoms. The third-order valence-electron chi connectivity index (χ3n) is 8.96. The molecule has 3 fully saturated rings. The Morgan fingerprint density at radius 1 is 1.00 bits per heavy atom. The van der Waals surface area contributed by atoms with Gasteiger partial charge in [0.25, 0.3) is 5.91 Å². The number of hydrogen-bond acceptors (Lipinski definition) is 8. The number of amidine groups is 1. The number of aromatic nitrogens is 1. The van der Waals surface area contributed by atoms with Crippen LogP contribution in [0.5, 0.6) is 0 Å². The van der Waals surface area contributed by atoms with E-state index in [2.05, 4.69) is 55.1 Å². The fourth-order valence-corrected chi connectivity index (χ4v) is 7.69. The van der Waals surface area contributed by atoms with Crippen molar-refractivity contribution in [3.63, 3.8) is 0 Å². The van der Waals surface area contributed by atoms with Crippen LogP contribution in [-0.2, 0) is 4.79 Å². The molecule has 6 rings (SSSR count). The molecule has 9 nitrogen and oxygen atoms in total. The van der Waals surface area contributed by atoms with Gasteiger partial charge in [0.2, 0.25) is 5.91 Å².